The topological polar surface area (TPSA) is 76.5 Å². The summed E-state index contributed by atoms with van der Waals surface area (Å²) in [6.07, 6.45) is 6.17. The normalized spacial score (nSPS) is 16.5. The first-order chi connectivity index (χ1) is 13.1. The molecule has 0 saturated heterocycles. The van der Waals surface area contributed by atoms with E-state index in [0.29, 0.717) is 31.9 Å². The SMILES string of the molecule is CC(C)OCCCNC(=O)C1Cn2cccc2C(=O)N1Cc1cccnc1. The van der Waals surface area contributed by atoms with Gasteiger partial charge in [-0.3, -0.25) is 14.6 Å². The summed E-state index contributed by atoms with van der Waals surface area (Å²) < 4.78 is 7.34. The summed E-state index contributed by atoms with van der Waals surface area (Å²) in [6, 6.07) is 6.81. The molecule has 0 radical (unpaired) electrons. The van der Waals surface area contributed by atoms with Crippen LogP contribution in [0.25, 0.3) is 0 Å². The third-order valence-electron chi connectivity index (χ3n) is 4.51. The Bertz CT molecular complexity index is 773. The molecule has 0 bridgehead atoms. The van der Waals surface area contributed by atoms with Crippen LogP contribution in [-0.2, 0) is 22.6 Å². The maximum atomic E-state index is 12.9. The van der Waals surface area contributed by atoms with Gasteiger partial charge >= 0.3 is 0 Å². The van der Waals surface area contributed by atoms with E-state index in [0.717, 1.165) is 12.0 Å². The number of amides is 2. The molecule has 144 valence electrons. The summed E-state index contributed by atoms with van der Waals surface area (Å²) in [6.45, 7) is 5.89. The summed E-state index contributed by atoms with van der Waals surface area (Å²) >= 11 is 0. The van der Waals surface area contributed by atoms with Crippen molar-refractivity contribution < 1.29 is 14.3 Å². The molecule has 1 unspecified atom stereocenters. The van der Waals surface area contributed by atoms with Gasteiger partial charge in [-0.05, 0) is 44.0 Å². The number of pyridine rings is 1. The van der Waals surface area contributed by atoms with E-state index in [1.165, 1.54) is 0 Å². The van der Waals surface area contributed by atoms with Crippen molar-refractivity contribution in [3.8, 4) is 0 Å². The number of rotatable bonds is 8. The molecule has 2 amide bonds. The number of nitrogens with zero attached hydrogens (tertiary/aromatic N) is 3. The van der Waals surface area contributed by atoms with Crippen molar-refractivity contribution in [2.45, 2.75) is 45.5 Å². The monoisotopic (exact) mass is 370 g/mol. The highest BCUT2D eigenvalue weighted by atomic mass is 16.5. The summed E-state index contributed by atoms with van der Waals surface area (Å²) in [5, 5.41) is 2.94. The van der Waals surface area contributed by atoms with Gasteiger partial charge in [0.25, 0.3) is 5.91 Å². The predicted molar refractivity (Wildman–Crippen MR) is 101 cm³/mol. The molecule has 7 heteroatoms. The first-order valence-corrected chi connectivity index (χ1v) is 9.30. The maximum absolute atomic E-state index is 12.9. The third kappa shape index (κ3) is 4.74. The van der Waals surface area contributed by atoms with Crippen molar-refractivity contribution in [1.29, 1.82) is 0 Å². The Kier molecular flexibility index (Phi) is 6.24. The molecule has 3 rings (SSSR count). The van der Waals surface area contributed by atoms with Crippen LogP contribution >= 0.6 is 0 Å². The van der Waals surface area contributed by atoms with Crippen molar-refractivity contribution in [1.82, 2.24) is 19.8 Å². The fourth-order valence-corrected chi connectivity index (χ4v) is 3.16. The Balaban J connectivity index is 1.68. The number of aromatic nitrogens is 2. The number of carbonyl (C=O) groups excluding carboxylic acids is 2. The molecule has 7 nitrogen and oxygen atoms in total. The van der Waals surface area contributed by atoms with Crippen LogP contribution in [0.1, 0.15) is 36.3 Å². The molecule has 1 atom stereocenters. The molecule has 1 aliphatic heterocycles. The molecule has 1 N–H and O–H groups in total. The molecule has 0 aromatic carbocycles. The van der Waals surface area contributed by atoms with E-state index in [1.54, 1.807) is 23.4 Å². The Morgan fingerprint density at radius 1 is 1.37 bits per heavy atom. The Morgan fingerprint density at radius 3 is 2.96 bits per heavy atom. The summed E-state index contributed by atoms with van der Waals surface area (Å²) in [5.41, 5.74) is 1.50. The van der Waals surface area contributed by atoms with Crippen molar-refractivity contribution in [3.63, 3.8) is 0 Å². The van der Waals surface area contributed by atoms with E-state index < -0.39 is 6.04 Å². The van der Waals surface area contributed by atoms with Crippen molar-refractivity contribution in [2.24, 2.45) is 0 Å². The van der Waals surface area contributed by atoms with Gasteiger partial charge in [0.05, 0.1) is 12.6 Å². The van der Waals surface area contributed by atoms with Crippen molar-refractivity contribution in [2.75, 3.05) is 13.2 Å². The van der Waals surface area contributed by atoms with Crippen molar-refractivity contribution >= 4 is 11.8 Å². The van der Waals surface area contributed by atoms with Gasteiger partial charge in [-0.2, -0.15) is 0 Å². The lowest BCUT2D eigenvalue weighted by Crippen LogP contribution is -2.54. The largest absolute Gasteiger partial charge is 0.379 e. The molecule has 27 heavy (non-hydrogen) atoms. The highest BCUT2D eigenvalue weighted by Gasteiger charge is 2.36. The van der Waals surface area contributed by atoms with Gasteiger partial charge in [0, 0.05) is 38.3 Å². The second kappa shape index (κ2) is 8.81. The quantitative estimate of drug-likeness (QED) is 0.720. The third-order valence-corrected chi connectivity index (χ3v) is 4.51. The number of fused-ring (bicyclic) bond motifs is 1. The maximum Gasteiger partial charge on any atom is 0.271 e. The van der Waals surface area contributed by atoms with E-state index in [4.69, 9.17) is 4.74 Å². The molecular weight excluding hydrogens is 344 g/mol. The summed E-state index contributed by atoms with van der Waals surface area (Å²) in [7, 11) is 0. The number of hydrogen-bond acceptors (Lipinski definition) is 4. The van der Waals surface area contributed by atoms with Gasteiger partial charge in [-0.15, -0.1) is 0 Å². The predicted octanol–water partition coefficient (Wildman–Crippen LogP) is 1.84. The van der Waals surface area contributed by atoms with E-state index in [2.05, 4.69) is 10.3 Å². The average Bonchev–Trinajstić information content (AvgIpc) is 3.13. The van der Waals surface area contributed by atoms with Gasteiger partial charge in [0.2, 0.25) is 5.91 Å². The van der Waals surface area contributed by atoms with E-state index >= 15 is 0 Å². The Morgan fingerprint density at radius 2 is 2.22 bits per heavy atom. The van der Waals surface area contributed by atoms with Crippen molar-refractivity contribution in [3.05, 3.63) is 54.1 Å². The molecule has 0 fully saturated rings. The minimum atomic E-state index is -0.552. The van der Waals surface area contributed by atoms with Gasteiger partial charge in [0.1, 0.15) is 11.7 Å². The van der Waals surface area contributed by atoms with E-state index in [1.807, 2.05) is 42.8 Å². The van der Waals surface area contributed by atoms with Crippen LogP contribution in [0.4, 0.5) is 0 Å². The lowest BCUT2D eigenvalue weighted by atomic mass is 10.1. The first kappa shape index (κ1) is 19.1. The van der Waals surface area contributed by atoms with Crippen LogP contribution in [0, 0.1) is 0 Å². The second-order valence-electron chi connectivity index (χ2n) is 6.92. The zero-order valence-electron chi connectivity index (χ0n) is 15.8. The Labute approximate surface area is 159 Å². The van der Waals surface area contributed by atoms with Crippen LogP contribution in [0.2, 0.25) is 0 Å². The zero-order chi connectivity index (χ0) is 19.2. The zero-order valence-corrected chi connectivity index (χ0v) is 15.8. The fourth-order valence-electron chi connectivity index (χ4n) is 3.16. The lowest BCUT2D eigenvalue weighted by molar-refractivity contribution is -0.126. The van der Waals surface area contributed by atoms with Crippen LogP contribution in [0.3, 0.4) is 0 Å². The lowest BCUT2D eigenvalue weighted by Gasteiger charge is -2.35. The molecule has 2 aromatic rings. The number of carbonyl (C=O) groups is 2. The van der Waals surface area contributed by atoms with Crippen LogP contribution in [0.15, 0.2) is 42.9 Å². The fraction of sp³-hybridized carbons (Fsp3) is 0.450. The second-order valence-corrected chi connectivity index (χ2v) is 6.92. The molecule has 0 spiro atoms. The smallest absolute Gasteiger partial charge is 0.271 e. The van der Waals surface area contributed by atoms with Crippen LogP contribution in [0.5, 0.6) is 0 Å². The van der Waals surface area contributed by atoms with Gasteiger partial charge < -0.3 is 19.5 Å². The average molecular weight is 370 g/mol. The highest BCUT2D eigenvalue weighted by Crippen LogP contribution is 2.21. The van der Waals surface area contributed by atoms with Crippen LogP contribution in [-0.4, -0.2) is 51.6 Å². The summed E-state index contributed by atoms with van der Waals surface area (Å²) in [4.78, 5) is 31.5. The van der Waals surface area contributed by atoms with Gasteiger partial charge in [0.15, 0.2) is 0 Å². The van der Waals surface area contributed by atoms with Gasteiger partial charge in [-0.1, -0.05) is 6.07 Å². The number of hydrogen-bond donors (Lipinski definition) is 1. The molecule has 0 saturated carbocycles. The number of nitrogens with one attached hydrogen (secondary N) is 1. The van der Waals surface area contributed by atoms with E-state index in [9.17, 15) is 9.59 Å². The molecule has 3 heterocycles. The molecule has 0 aliphatic carbocycles. The standard InChI is InChI=1S/C20H26N4O3/c1-15(2)27-11-5-9-22-19(25)18-14-23-10-4-7-17(23)20(26)24(18)13-16-6-3-8-21-12-16/h3-4,6-8,10,12,15,18H,5,9,11,13-14H2,1-2H3,(H,22,25). The number of ether oxygens (including phenoxy) is 1. The summed E-state index contributed by atoms with van der Waals surface area (Å²) in [5.74, 6) is -0.283. The molecular formula is C20H26N4O3. The molecule has 1 aliphatic rings. The minimum absolute atomic E-state index is 0.140. The highest BCUT2D eigenvalue weighted by molar-refractivity contribution is 5.97. The Hall–Kier alpha value is -2.67. The molecule has 2 aromatic heterocycles. The minimum Gasteiger partial charge on any atom is -0.379 e. The van der Waals surface area contributed by atoms with Crippen LogP contribution < -0.4 is 5.32 Å². The van der Waals surface area contributed by atoms with E-state index in [-0.39, 0.29) is 17.9 Å². The van der Waals surface area contributed by atoms with Gasteiger partial charge in [-0.25, -0.2) is 0 Å². The first-order valence-electron chi connectivity index (χ1n) is 9.30.